The second kappa shape index (κ2) is 7.90. The van der Waals surface area contributed by atoms with Crippen LogP contribution in [0, 0.1) is 11.6 Å². The van der Waals surface area contributed by atoms with Crippen LogP contribution in [0.4, 0.5) is 8.78 Å². The molecule has 1 aliphatic heterocycles. The third kappa shape index (κ3) is 4.28. The summed E-state index contributed by atoms with van der Waals surface area (Å²) in [4.78, 5) is 2.01. The van der Waals surface area contributed by atoms with Crippen molar-refractivity contribution in [1.82, 2.24) is 4.90 Å². The zero-order valence-electron chi connectivity index (χ0n) is 15.4. The maximum atomic E-state index is 14.3. The van der Waals surface area contributed by atoms with Gasteiger partial charge in [-0.1, -0.05) is 43.3 Å². The maximum Gasteiger partial charge on any atom is 0.153 e. The van der Waals surface area contributed by atoms with E-state index in [1.54, 1.807) is 13.8 Å². The zero-order chi connectivity index (χ0) is 19.6. The number of hydrogen-bond donors (Lipinski definition) is 0. The van der Waals surface area contributed by atoms with Gasteiger partial charge in [0, 0.05) is 24.4 Å². The Balaban J connectivity index is 1.96. The fourth-order valence-electron chi connectivity index (χ4n) is 3.45. The second-order valence-electron chi connectivity index (χ2n) is 6.86. The molecule has 1 heterocycles. The summed E-state index contributed by atoms with van der Waals surface area (Å²) in [6.45, 7) is 4.02. The Labute approximate surface area is 159 Å². The van der Waals surface area contributed by atoms with E-state index >= 15 is 0 Å². The molecule has 144 valence electrons. The van der Waals surface area contributed by atoms with Crippen molar-refractivity contribution >= 4 is 15.4 Å². The monoisotopic (exact) mass is 391 g/mol. The third-order valence-electron chi connectivity index (χ3n) is 5.05. The topological polar surface area (TPSA) is 37.4 Å². The minimum atomic E-state index is -3.19. The van der Waals surface area contributed by atoms with Gasteiger partial charge in [-0.15, -0.1) is 0 Å². The van der Waals surface area contributed by atoms with Gasteiger partial charge in [-0.3, -0.25) is 4.90 Å². The van der Waals surface area contributed by atoms with E-state index in [0.29, 0.717) is 18.7 Å². The number of benzene rings is 2. The molecule has 3 rings (SSSR count). The van der Waals surface area contributed by atoms with Gasteiger partial charge in [0.2, 0.25) is 0 Å². The first-order valence-corrected chi connectivity index (χ1v) is 10.7. The molecule has 6 heteroatoms. The number of hydrogen-bond acceptors (Lipinski definition) is 3. The molecule has 0 saturated heterocycles. The van der Waals surface area contributed by atoms with Crippen LogP contribution in [-0.2, 0) is 9.84 Å². The molecule has 2 unspecified atom stereocenters. The minimum absolute atomic E-state index is 0.0802. The van der Waals surface area contributed by atoms with Crippen LogP contribution in [0.1, 0.15) is 31.0 Å². The van der Waals surface area contributed by atoms with Crippen LogP contribution in [0.2, 0.25) is 0 Å². The normalized spacial score (nSPS) is 19.1. The van der Waals surface area contributed by atoms with Gasteiger partial charge < -0.3 is 0 Å². The highest BCUT2D eigenvalue weighted by Crippen LogP contribution is 2.36. The van der Waals surface area contributed by atoms with Crippen molar-refractivity contribution in [3.8, 4) is 0 Å². The van der Waals surface area contributed by atoms with E-state index in [-0.39, 0.29) is 17.4 Å². The summed E-state index contributed by atoms with van der Waals surface area (Å²) in [5.41, 5.74) is 1.89. The van der Waals surface area contributed by atoms with E-state index in [9.17, 15) is 17.2 Å². The molecule has 0 aliphatic carbocycles. The summed E-state index contributed by atoms with van der Waals surface area (Å²) in [6.07, 6.45) is 1.90. The Morgan fingerprint density at radius 1 is 1.15 bits per heavy atom. The Bertz CT molecular complexity index is 942. The zero-order valence-corrected chi connectivity index (χ0v) is 16.2. The van der Waals surface area contributed by atoms with E-state index in [4.69, 9.17) is 0 Å². The second-order valence-corrected chi connectivity index (χ2v) is 9.57. The van der Waals surface area contributed by atoms with Crippen LogP contribution >= 0.6 is 0 Å². The molecule has 3 nitrogen and oxygen atoms in total. The summed E-state index contributed by atoms with van der Waals surface area (Å²) < 4.78 is 52.4. The Hall–Kier alpha value is -2.05. The van der Waals surface area contributed by atoms with E-state index < -0.39 is 26.7 Å². The van der Waals surface area contributed by atoms with Gasteiger partial charge in [-0.2, -0.15) is 0 Å². The molecule has 0 spiro atoms. The molecule has 0 N–H and O–H groups in total. The number of sulfone groups is 1. The van der Waals surface area contributed by atoms with E-state index in [2.05, 4.69) is 0 Å². The van der Waals surface area contributed by atoms with Crippen molar-refractivity contribution < 1.29 is 17.2 Å². The highest BCUT2D eigenvalue weighted by Gasteiger charge is 2.31. The minimum Gasteiger partial charge on any atom is -0.287 e. The first kappa shape index (κ1) is 19.7. The van der Waals surface area contributed by atoms with Crippen molar-refractivity contribution in [3.63, 3.8) is 0 Å². The van der Waals surface area contributed by atoms with Crippen LogP contribution < -0.4 is 0 Å². The van der Waals surface area contributed by atoms with Crippen LogP contribution in [0.15, 0.2) is 54.6 Å². The van der Waals surface area contributed by atoms with E-state index in [1.807, 2.05) is 41.3 Å². The summed E-state index contributed by atoms with van der Waals surface area (Å²) in [5.74, 6) is -0.897. The van der Waals surface area contributed by atoms with Gasteiger partial charge in [0.15, 0.2) is 9.84 Å². The van der Waals surface area contributed by atoms with Crippen molar-refractivity contribution in [3.05, 3.63) is 77.4 Å². The summed E-state index contributed by atoms with van der Waals surface area (Å²) >= 11 is 0. The molecule has 27 heavy (non-hydrogen) atoms. The lowest BCUT2D eigenvalue weighted by Gasteiger charge is -2.27. The molecule has 0 bridgehead atoms. The summed E-state index contributed by atoms with van der Waals surface area (Å²) in [7, 11) is -3.19. The van der Waals surface area contributed by atoms with Crippen molar-refractivity contribution in [2.45, 2.75) is 25.1 Å². The predicted octanol–water partition coefficient (Wildman–Crippen LogP) is 4.23. The molecular weight excluding hydrogens is 368 g/mol. The number of rotatable bonds is 6. The molecule has 2 aromatic carbocycles. The first-order valence-electron chi connectivity index (χ1n) is 8.98. The lowest BCUT2D eigenvalue weighted by atomic mass is 10.0. The van der Waals surface area contributed by atoms with Gasteiger partial charge in [-0.05, 0) is 36.3 Å². The molecular formula is C21H23F2NO2S. The van der Waals surface area contributed by atoms with Crippen LogP contribution in [0.3, 0.4) is 0 Å². The van der Waals surface area contributed by atoms with Gasteiger partial charge >= 0.3 is 0 Å². The molecule has 0 aromatic heterocycles. The quantitative estimate of drug-likeness (QED) is 0.740. The molecule has 0 radical (unpaired) electrons. The van der Waals surface area contributed by atoms with Crippen molar-refractivity contribution in [2.75, 3.05) is 18.8 Å². The first-order chi connectivity index (χ1) is 12.8. The molecule has 0 amide bonds. The molecule has 0 saturated carbocycles. The average Bonchev–Trinajstić information content (AvgIpc) is 3.08. The summed E-state index contributed by atoms with van der Waals surface area (Å²) in [6, 6.07) is 12.9. The lowest BCUT2D eigenvalue weighted by molar-refractivity contribution is 0.278. The van der Waals surface area contributed by atoms with Gasteiger partial charge in [-0.25, -0.2) is 17.2 Å². The molecule has 2 aromatic rings. The number of nitrogens with zero attached hydrogens (tertiary/aromatic N) is 1. The molecule has 1 aliphatic rings. The van der Waals surface area contributed by atoms with Crippen LogP contribution in [0.5, 0.6) is 0 Å². The highest BCUT2D eigenvalue weighted by molar-refractivity contribution is 7.92. The number of halogens is 2. The Kier molecular flexibility index (Phi) is 5.77. The SMILES string of the molecule is CCS(=O)(=O)C(C)CN1CC(c2cc(F)ccc2F)=CC1c1ccccc1. The van der Waals surface area contributed by atoms with Crippen molar-refractivity contribution in [2.24, 2.45) is 0 Å². The fraction of sp³-hybridized carbons (Fsp3) is 0.333. The lowest BCUT2D eigenvalue weighted by Crippen LogP contribution is -2.36. The van der Waals surface area contributed by atoms with E-state index in [0.717, 1.165) is 17.7 Å². The van der Waals surface area contributed by atoms with Crippen LogP contribution in [-0.4, -0.2) is 37.4 Å². The Morgan fingerprint density at radius 3 is 2.52 bits per heavy atom. The molecule has 0 fully saturated rings. The maximum absolute atomic E-state index is 14.3. The smallest absolute Gasteiger partial charge is 0.153 e. The van der Waals surface area contributed by atoms with Gasteiger partial charge in [0.25, 0.3) is 0 Å². The Morgan fingerprint density at radius 2 is 1.85 bits per heavy atom. The van der Waals surface area contributed by atoms with Gasteiger partial charge in [0.1, 0.15) is 11.6 Å². The van der Waals surface area contributed by atoms with Crippen molar-refractivity contribution in [1.29, 1.82) is 0 Å². The summed E-state index contributed by atoms with van der Waals surface area (Å²) in [5, 5.41) is -0.543. The fourth-order valence-corrected chi connectivity index (χ4v) is 4.44. The average molecular weight is 391 g/mol. The van der Waals surface area contributed by atoms with E-state index in [1.165, 1.54) is 6.07 Å². The predicted molar refractivity (Wildman–Crippen MR) is 104 cm³/mol. The standard InChI is InChI=1S/C21H23F2NO2S/c1-3-27(25,26)15(2)13-24-14-17(19-12-18(22)9-10-20(19)23)11-21(24)16-7-5-4-6-8-16/h4-12,15,21H,3,13-14H2,1-2H3. The molecule has 2 atom stereocenters. The van der Waals surface area contributed by atoms with Gasteiger partial charge in [0.05, 0.1) is 11.3 Å². The largest absolute Gasteiger partial charge is 0.287 e. The van der Waals surface area contributed by atoms with Crippen LogP contribution in [0.25, 0.3) is 5.57 Å². The third-order valence-corrected chi connectivity index (χ3v) is 7.23. The highest BCUT2D eigenvalue weighted by atomic mass is 32.2.